The molecule has 3 heterocycles. The van der Waals surface area contributed by atoms with Gasteiger partial charge in [-0.2, -0.15) is 0 Å². The number of amides is 2. The van der Waals surface area contributed by atoms with Crippen LogP contribution in [0.15, 0.2) is 18.2 Å². The van der Waals surface area contributed by atoms with E-state index in [2.05, 4.69) is 0 Å². The van der Waals surface area contributed by atoms with Crippen LogP contribution >= 0.6 is 0 Å². The Bertz CT molecular complexity index is 735. The van der Waals surface area contributed by atoms with Gasteiger partial charge in [0.15, 0.2) is 11.5 Å². The summed E-state index contributed by atoms with van der Waals surface area (Å²) in [5.41, 5.74) is 0.709. The average molecular weight is 359 g/mol. The lowest BCUT2D eigenvalue weighted by Crippen LogP contribution is -2.38. The molecule has 2 saturated heterocycles. The van der Waals surface area contributed by atoms with Gasteiger partial charge in [-0.3, -0.25) is 9.59 Å². The second kappa shape index (κ2) is 6.46. The third-order valence-corrected chi connectivity index (χ3v) is 5.40. The number of ether oxygens (including phenoxy) is 2. The number of anilines is 1. The second-order valence-corrected chi connectivity index (χ2v) is 7.79. The zero-order valence-corrected chi connectivity index (χ0v) is 15.4. The smallest absolute Gasteiger partial charge is 0.236 e. The zero-order chi connectivity index (χ0) is 18.3. The van der Waals surface area contributed by atoms with Crippen LogP contribution in [0.4, 0.5) is 5.69 Å². The summed E-state index contributed by atoms with van der Waals surface area (Å²) in [7, 11) is 3.79. The van der Waals surface area contributed by atoms with Crippen LogP contribution in [0.25, 0.3) is 0 Å². The van der Waals surface area contributed by atoms with Crippen LogP contribution < -0.4 is 14.4 Å². The van der Waals surface area contributed by atoms with Crippen LogP contribution in [0.1, 0.15) is 12.8 Å². The molecule has 1 unspecified atom stereocenters. The molecule has 0 aliphatic carbocycles. The largest absolute Gasteiger partial charge is 0.486 e. The highest BCUT2D eigenvalue weighted by atomic mass is 16.6. The van der Waals surface area contributed by atoms with E-state index >= 15 is 0 Å². The van der Waals surface area contributed by atoms with E-state index in [0.717, 1.165) is 24.4 Å². The summed E-state index contributed by atoms with van der Waals surface area (Å²) in [5, 5.41) is 0. The highest BCUT2D eigenvalue weighted by Crippen LogP contribution is 2.43. The van der Waals surface area contributed by atoms with E-state index in [-0.39, 0.29) is 17.2 Å². The number of carbonyl (C=O) groups is 2. The average Bonchev–Trinajstić information content (AvgIpc) is 3.17. The van der Waals surface area contributed by atoms with E-state index in [4.69, 9.17) is 9.47 Å². The molecule has 1 atom stereocenters. The topological polar surface area (TPSA) is 62.3 Å². The Morgan fingerprint density at radius 2 is 1.96 bits per heavy atom. The van der Waals surface area contributed by atoms with Gasteiger partial charge in [-0.25, -0.2) is 0 Å². The van der Waals surface area contributed by atoms with Crippen LogP contribution in [0, 0.1) is 5.41 Å². The zero-order valence-electron chi connectivity index (χ0n) is 15.4. The molecule has 7 nitrogen and oxygen atoms in total. The fourth-order valence-corrected chi connectivity index (χ4v) is 4.12. The van der Waals surface area contributed by atoms with Crippen LogP contribution in [0.5, 0.6) is 11.5 Å². The predicted octanol–water partition coefficient (Wildman–Crippen LogP) is 0.975. The molecule has 2 amide bonds. The minimum absolute atomic E-state index is 0.114. The number of likely N-dealkylation sites (N-methyl/N-ethyl adjacent to an activating group) is 1. The summed E-state index contributed by atoms with van der Waals surface area (Å²) in [6, 6.07) is 5.66. The number of likely N-dealkylation sites (tertiary alicyclic amines) is 1. The molecule has 140 valence electrons. The first-order chi connectivity index (χ1) is 12.5. The maximum Gasteiger partial charge on any atom is 0.236 e. The van der Waals surface area contributed by atoms with Gasteiger partial charge < -0.3 is 24.2 Å². The van der Waals surface area contributed by atoms with Crippen LogP contribution in [-0.4, -0.2) is 75.1 Å². The minimum atomic E-state index is -0.133. The van der Waals surface area contributed by atoms with E-state index < -0.39 is 0 Å². The molecular weight excluding hydrogens is 334 g/mol. The molecule has 26 heavy (non-hydrogen) atoms. The van der Waals surface area contributed by atoms with Gasteiger partial charge in [-0.1, -0.05) is 0 Å². The molecule has 0 radical (unpaired) electrons. The summed E-state index contributed by atoms with van der Waals surface area (Å²) in [5.74, 6) is 1.67. The van der Waals surface area contributed by atoms with Gasteiger partial charge in [0.05, 0.1) is 6.54 Å². The first kappa shape index (κ1) is 17.1. The van der Waals surface area contributed by atoms with Crippen molar-refractivity contribution in [3.8, 4) is 11.5 Å². The minimum Gasteiger partial charge on any atom is -0.486 e. The molecule has 0 aromatic heterocycles. The predicted molar refractivity (Wildman–Crippen MR) is 96.6 cm³/mol. The van der Waals surface area contributed by atoms with Gasteiger partial charge in [0.25, 0.3) is 0 Å². The van der Waals surface area contributed by atoms with Gasteiger partial charge >= 0.3 is 0 Å². The molecule has 1 aromatic rings. The summed E-state index contributed by atoms with van der Waals surface area (Å²) < 4.78 is 11.2. The van der Waals surface area contributed by atoms with Crippen molar-refractivity contribution in [3.05, 3.63) is 18.2 Å². The Balaban J connectivity index is 1.48. The van der Waals surface area contributed by atoms with E-state index in [9.17, 15) is 9.59 Å². The van der Waals surface area contributed by atoms with Crippen LogP contribution in [0.3, 0.4) is 0 Å². The molecule has 0 bridgehead atoms. The molecule has 3 aliphatic heterocycles. The second-order valence-electron chi connectivity index (χ2n) is 7.79. The van der Waals surface area contributed by atoms with Crippen LogP contribution in [-0.2, 0) is 9.59 Å². The molecule has 2 fully saturated rings. The fourth-order valence-electron chi connectivity index (χ4n) is 4.12. The van der Waals surface area contributed by atoms with E-state index in [1.807, 2.05) is 47.0 Å². The van der Waals surface area contributed by atoms with Crippen molar-refractivity contribution in [3.63, 3.8) is 0 Å². The standard InChI is InChI=1S/C19H25N3O4/c1-20(2)11-18(24)21-6-5-19(12-21)10-17(23)22(13-19)14-3-4-15-16(9-14)26-8-7-25-15/h3-4,9H,5-8,10-13H2,1-2H3. The highest BCUT2D eigenvalue weighted by Gasteiger charge is 2.48. The van der Waals surface area contributed by atoms with Crippen molar-refractivity contribution in [1.29, 1.82) is 0 Å². The van der Waals surface area contributed by atoms with E-state index in [1.54, 1.807) is 0 Å². The lowest BCUT2D eigenvalue weighted by Gasteiger charge is -2.26. The number of fused-ring (bicyclic) bond motifs is 1. The fraction of sp³-hybridized carbons (Fsp3) is 0.579. The summed E-state index contributed by atoms with van der Waals surface area (Å²) in [4.78, 5) is 30.7. The Kier molecular flexibility index (Phi) is 4.26. The van der Waals surface area contributed by atoms with Crippen molar-refractivity contribution < 1.29 is 19.1 Å². The number of hydrogen-bond donors (Lipinski definition) is 0. The van der Waals surface area contributed by atoms with Gasteiger partial charge in [0, 0.05) is 43.2 Å². The Hall–Kier alpha value is -2.28. The number of nitrogens with zero attached hydrogens (tertiary/aromatic N) is 3. The maximum atomic E-state index is 12.7. The molecule has 1 spiro atoms. The van der Waals surface area contributed by atoms with E-state index in [0.29, 0.717) is 45.0 Å². The lowest BCUT2D eigenvalue weighted by molar-refractivity contribution is -0.131. The SMILES string of the molecule is CN(C)CC(=O)N1CCC2(CC(=O)N(c3ccc4c(c3)OCCO4)C2)C1. The normalized spacial score (nSPS) is 24.8. The van der Waals surface area contributed by atoms with Crippen molar-refractivity contribution >= 4 is 17.5 Å². The Labute approximate surface area is 153 Å². The van der Waals surface area contributed by atoms with Gasteiger partial charge in [-0.05, 0) is 32.6 Å². The van der Waals surface area contributed by atoms with Gasteiger partial charge in [0.2, 0.25) is 11.8 Å². The number of hydrogen-bond acceptors (Lipinski definition) is 5. The number of rotatable bonds is 3. The third-order valence-electron chi connectivity index (χ3n) is 5.40. The quantitative estimate of drug-likeness (QED) is 0.805. The Morgan fingerprint density at radius 1 is 1.19 bits per heavy atom. The highest BCUT2D eigenvalue weighted by molar-refractivity contribution is 5.97. The molecular formula is C19H25N3O4. The van der Waals surface area contributed by atoms with Crippen molar-refractivity contribution in [2.45, 2.75) is 12.8 Å². The van der Waals surface area contributed by atoms with Gasteiger partial charge in [-0.15, -0.1) is 0 Å². The summed E-state index contributed by atoms with van der Waals surface area (Å²) >= 11 is 0. The van der Waals surface area contributed by atoms with Crippen molar-refractivity contribution in [1.82, 2.24) is 9.80 Å². The summed E-state index contributed by atoms with van der Waals surface area (Å²) in [6.07, 6.45) is 1.37. The lowest BCUT2D eigenvalue weighted by atomic mass is 9.86. The molecule has 7 heteroatoms. The first-order valence-corrected chi connectivity index (χ1v) is 9.08. The molecule has 3 aliphatic rings. The molecule has 1 aromatic carbocycles. The molecule has 0 N–H and O–H groups in total. The van der Waals surface area contributed by atoms with Crippen LogP contribution in [0.2, 0.25) is 0 Å². The number of carbonyl (C=O) groups excluding carboxylic acids is 2. The molecule has 4 rings (SSSR count). The number of benzene rings is 1. The maximum absolute atomic E-state index is 12.7. The third kappa shape index (κ3) is 3.11. The molecule has 0 saturated carbocycles. The van der Waals surface area contributed by atoms with Crippen molar-refractivity contribution in [2.75, 3.05) is 58.4 Å². The first-order valence-electron chi connectivity index (χ1n) is 9.08. The summed E-state index contributed by atoms with van der Waals surface area (Å²) in [6.45, 7) is 3.53. The monoisotopic (exact) mass is 359 g/mol. The Morgan fingerprint density at radius 3 is 2.73 bits per heavy atom. The van der Waals surface area contributed by atoms with Crippen molar-refractivity contribution in [2.24, 2.45) is 5.41 Å². The van der Waals surface area contributed by atoms with Gasteiger partial charge in [0.1, 0.15) is 13.2 Å². The van der Waals surface area contributed by atoms with E-state index in [1.165, 1.54) is 0 Å².